The molecule has 230 valence electrons. The molecular weight excluding hydrogens is 584 g/mol. The van der Waals surface area contributed by atoms with Crippen molar-refractivity contribution in [3.63, 3.8) is 0 Å². The van der Waals surface area contributed by atoms with Crippen LogP contribution >= 0.6 is 0 Å². The molecule has 0 aliphatic rings. The number of aryl methyl sites for hydroxylation is 2. The van der Waals surface area contributed by atoms with Crippen LogP contribution in [0.3, 0.4) is 0 Å². The van der Waals surface area contributed by atoms with Gasteiger partial charge >= 0.3 is 5.91 Å². The number of carbonyl (C=O) groups excluding carboxylic acids is 1. The lowest BCUT2D eigenvalue weighted by Crippen LogP contribution is -2.17. The van der Waals surface area contributed by atoms with Crippen LogP contribution in [-0.2, 0) is 13.2 Å². The van der Waals surface area contributed by atoms with Gasteiger partial charge in [-0.05, 0) is 84.8 Å². The largest absolute Gasteiger partial charge is 0.488 e. The van der Waals surface area contributed by atoms with Crippen molar-refractivity contribution in [3.05, 3.63) is 153 Å². The molecule has 4 aromatic carbocycles. The summed E-state index contributed by atoms with van der Waals surface area (Å²) in [5.41, 5.74) is 7.15. The van der Waals surface area contributed by atoms with Gasteiger partial charge in [-0.2, -0.15) is 5.10 Å². The minimum Gasteiger partial charge on any atom is -0.488 e. The van der Waals surface area contributed by atoms with Gasteiger partial charge < -0.3 is 18.5 Å². The van der Waals surface area contributed by atoms with Crippen molar-refractivity contribution in [2.75, 3.05) is 0 Å². The number of hydrogen-bond acceptors (Lipinski definition) is 7. The summed E-state index contributed by atoms with van der Waals surface area (Å²) in [5, 5.41) is 17.2. The second-order valence-corrected chi connectivity index (χ2v) is 10.6. The third-order valence-corrected chi connectivity index (χ3v) is 7.44. The fourth-order valence-corrected chi connectivity index (χ4v) is 5.17. The number of nitro groups is 1. The van der Waals surface area contributed by atoms with E-state index in [1.807, 2.05) is 54.6 Å². The number of benzene rings is 4. The third-order valence-electron chi connectivity index (χ3n) is 7.44. The molecule has 0 bridgehead atoms. The van der Waals surface area contributed by atoms with E-state index in [0.717, 1.165) is 27.8 Å². The molecular formula is C36H30N4O6. The van der Waals surface area contributed by atoms with E-state index in [1.54, 1.807) is 30.3 Å². The lowest BCUT2D eigenvalue weighted by molar-refractivity contribution is -0.384. The fraction of sp³-hybridized carbons (Fsp3) is 0.111. The maximum Gasteiger partial charge on any atom is 0.307 e. The van der Waals surface area contributed by atoms with E-state index < -0.39 is 10.8 Å². The summed E-state index contributed by atoms with van der Waals surface area (Å²) in [6.45, 7) is 4.39. The van der Waals surface area contributed by atoms with Gasteiger partial charge in [-0.3, -0.25) is 14.9 Å². The summed E-state index contributed by atoms with van der Waals surface area (Å²) < 4.78 is 19.8. The van der Waals surface area contributed by atoms with Crippen LogP contribution in [0.2, 0.25) is 0 Å². The summed E-state index contributed by atoms with van der Waals surface area (Å²) in [6, 6.07) is 32.9. The molecule has 2 heterocycles. The number of ether oxygens (including phenoxy) is 2. The Hall–Kier alpha value is -6.16. The van der Waals surface area contributed by atoms with Crippen LogP contribution in [0.5, 0.6) is 11.5 Å². The minimum absolute atomic E-state index is 0.0100. The SMILES string of the molecule is Cc1ccc(C)n1-c1ccc(OCc2ccc(C(=O)N/N=C/c3c(OCc4cccc([N+](=O)[O-])c4)ccc4ccccc34)o2)cc1. The Bertz CT molecular complexity index is 2040. The average Bonchev–Trinajstić information content (AvgIpc) is 3.69. The van der Waals surface area contributed by atoms with Crippen molar-refractivity contribution in [2.24, 2.45) is 5.10 Å². The molecule has 0 aliphatic carbocycles. The number of hydrogen-bond donors (Lipinski definition) is 1. The van der Waals surface area contributed by atoms with Crippen LogP contribution in [0.15, 0.2) is 119 Å². The topological polar surface area (TPSA) is 121 Å². The van der Waals surface area contributed by atoms with E-state index in [1.165, 1.54) is 18.3 Å². The highest BCUT2D eigenvalue weighted by Crippen LogP contribution is 2.28. The van der Waals surface area contributed by atoms with Gasteiger partial charge in [0, 0.05) is 34.8 Å². The second kappa shape index (κ2) is 13.2. The summed E-state index contributed by atoms with van der Waals surface area (Å²) in [6.07, 6.45) is 1.51. The molecule has 0 radical (unpaired) electrons. The zero-order chi connectivity index (χ0) is 32.0. The highest BCUT2D eigenvalue weighted by Gasteiger charge is 2.13. The second-order valence-electron chi connectivity index (χ2n) is 10.6. The van der Waals surface area contributed by atoms with Crippen LogP contribution < -0.4 is 14.9 Å². The Balaban J connectivity index is 1.10. The number of fused-ring (bicyclic) bond motifs is 1. The van der Waals surface area contributed by atoms with Crippen molar-refractivity contribution in [2.45, 2.75) is 27.1 Å². The molecule has 0 aliphatic heterocycles. The third kappa shape index (κ3) is 6.66. The number of nitro benzene ring substituents is 1. The normalized spacial score (nSPS) is 11.2. The number of nitrogens with zero attached hydrogens (tertiary/aromatic N) is 3. The molecule has 0 unspecified atom stereocenters. The minimum atomic E-state index is -0.524. The van der Waals surface area contributed by atoms with Crippen molar-refractivity contribution >= 4 is 28.6 Å². The van der Waals surface area contributed by atoms with E-state index in [4.69, 9.17) is 13.9 Å². The predicted molar refractivity (Wildman–Crippen MR) is 175 cm³/mol. The van der Waals surface area contributed by atoms with Gasteiger partial charge in [0.15, 0.2) is 5.76 Å². The monoisotopic (exact) mass is 614 g/mol. The Morgan fingerprint density at radius 1 is 0.891 bits per heavy atom. The summed E-state index contributed by atoms with van der Waals surface area (Å²) in [4.78, 5) is 23.5. The van der Waals surface area contributed by atoms with Crippen LogP contribution in [-0.4, -0.2) is 21.6 Å². The van der Waals surface area contributed by atoms with Gasteiger partial charge in [0.2, 0.25) is 0 Å². The first kappa shape index (κ1) is 29.9. The zero-order valence-corrected chi connectivity index (χ0v) is 25.2. The number of hydrazone groups is 1. The molecule has 0 fully saturated rings. The molecule has 6 rings (SSSR count). The van der Waals surface area contributed by atoms with Crippen LogP contribution in [0, 0.1) is 24.0 Å². The van der Waals surface area contributed by atoms with Gasteiger partial charge in [0.25, 0.3) is 5.69 Å². The number of furan rings is 1. The first-order chi connectivity index (χ1) is 22.4. The molecule has 0 spiro atoms. The number of carbonyl (C=O) groups is 1. The maximum atomic E-state index is 12.8. The van der Waals surface area contributed by atoms with Gasteiger partial charge in [-0.25, -0.2) is 5.43 Å². The highest BCUT2D eigenvalue weighted by molar-refractivity contribution is 6.03. The van der Waals surface area contributed by atoms with Crippen molar-refractivity contribution < 1.29 is 23.6 Å². The van der Waals surface area contributed by atoms with Crippen LogP contribution in [0.1, 0.15) is 38.8 Å². The average molecular weight is 615 g/mol. The number of rotatable bonds is 11. The number of nitrogens with one attached hydrogen (secondary N) is 1. The number of non-ortho nitro benzene ring substituents is 1. The van der Waals surface area contributed by atoms with Crippen molar-refractivity contribution in [1.29, 1.82) is 0 Å². The van der Waals surface area contributed by atoms with E-state index in [0.29, 0.717) is 28.4 Å². The predicted octanol–water partition coefficient (Wildman–Crippen LogP) is 7.67. The Morgan fingerprint density at radius 3 is 2.46 bits per heavy atom. The molecule has 6 aromatic rings. The van der Waals surface area contributed by atoms with Gasteiger partial charge in [0.1, 0.15) is 30.5 Å². The van der Waals surface area contributed by atoms with Crippen LogP contribution in [0.25, 0.3) is 16.5 Å². The van der Waals surface area contributed by atoms with Gasteiger partial charge in [-0.1, -0.05) is 42.5 Å². The van der Waals surface area contributed by atoms with Gasteiger partial charge in [-0.15, -0.1) is 0 Å². The number of amides is 1. The zero-order valence-electron chi connectivity index (χ0n) is 25.2. The molecule has 10 heteroatoms. The van der Waals surface area contributed by atoms with E-state index in [9.17, 15) is 14.9 Å². The molecule has 10 nitrogen and oxygen atoms in total. The van der Waals surface area contributed by atoms with E-state index >= 15 is 0 Å². The van der Waals surface area contributed by atoms with E-state index in [-0.39, 0.29) is 24.7 Å². The standard InChI is InChI=1S/C36H30N4O6/c1-24-10-11-25(2)39(24)28-13-15-30(16-14-28)44-23-31-17-19-35(46-31)36(41)38-37-21-33-32-9-4-3-7-27(32)12-18-34(33)45-22-26-6-5-8-29(20-26)40(42)43/h3-21H,22-23H2,1-2H3,(H,38,41)/b37-21+. The van der Waals surface area contributed by atoms with Gasteiger partial charge in [0.05, 0.1) is 11.1 Å². The Kier molecular flexibility index (Phi) is 8.60. The first-order valence-electron chi connectivity index (χ1n) is 14.5. The molecule has 1 N–H and O–H groups in total. The smallest absolute Gasteiger partial charge is 0.307 e. The lowest BCUT2D eigenvalue weighted by atomic mass is 10.0. The van der Waals surface area contributed by atoms with E-state index in [2.05, 4.69) is 41.1 Å². The summed E-state index contributed by atoms with van der Waals surface area (Å²) in [7, 11) is 0. The lowest BCUT2D eigenvalue weighted by Gasteiger charge is -2.12. The highest BCUT2D eigenvalue weighted by atomic mass is 16.6. The molecule has 46 heavy (non-hydrogen) atoms. The molecule has 0 saturated heterocycles. The van der Waals surface area contributed by atoms with Crippen LogP contribution in [0.4, 0.5) is 5.69 Å². The quantitative estimate of drug-likeness (QED) is 0.0908. The van der Waals surface area contributed by atoms with Crippen molar-refractivity contribution in [1.82, 2.24) is 9.99 Å². The summed E-state index contributed by atoms with van der Waals surface area (Å²) >= 11 is 0. The summed E-state index contributed by atoms with van der Waals surface area (Å²) in [5.74, 6) is 1.23. The Morgan fingerprint density at radius 2 is 1.67 bits per heavy atom. The molecule has 0 saturated carbocycles. The van der Waals surface area contributed by atoms with Crippen molar-refractivity contribution in [3.8, 4) is 17.2 Å². The number of aromatic nitrogens is 1. The Labute approximate surface area is 264 Å². The fourth-order valence-electron chi connectivity index (χ4n) is 5.17. The first-order valence-corrected chi connectivity index (χ1v) is 14.5. The maximum absolute atomic E-state index is 12.8. The molecule has 0 atom stereocenters. The molecule has 2 aromatic heterocycles. The molecule has 1 amide bonds.